The van der Waals surface area contributed by atoms with Gasteiger partial charge in [0.05, 0.1) is 7.11 Å². The Bertz CT molecular complexity index is 413. The molecule has 0 saturated heterocycles. The molecule has 0 aromatic heterocycles. The number of hydrogen-bond acceptors (Lipinski definition) is 3. The molecule has 0 saturated carbocycles. The lowest BCUT2D eigenvalue weighted by Crippen LogP contribution is -2.35. The number of hydrogen-bond donors (Lipinski definition) is 0. The standard InChI is InChI=1S/C15H23NO2/c1-12(17)15(2,3)11-16(4)10-13-8-6-7-9-14(13)18-5/h6-9H,10-11H2,1-5H3. The van der Waals surface area contributed by atoms with Gasteiger partial charge in [-0.1, -0.05) is 32.0 Å². The van der Waals surface area contributed by atoms with Crippen LogP contribution >= 0.6 is 0 Å². The van der Waals surface area contributed by atoms with Crippen molar-refractivity contribution in [1.82, 2.24) is 4.90 Å². The topological polar surface area (TPSA) is 29.5 Å². The van der Waals surface area contributed by atoms with Gasteiger partial charge in [0.2, 0.25) is 0 Å². The van der Waals surface area contributed by atoms with Crippen LogP contribution in [0.5, 0.6) is 5.75 Å². The number of methoxy groups -OCH3 is 1. The highest BCUT2D eigenvalue weighted by Gasteiger charge is 2.25. The summed E-state index contributed by atoms with van der Waals surface area (Å²) in [6, 6.07) is 7.97. The average molecular weight is 249 g/mol. The summed E-state index contributed by atoms with van der Waals surface area (Å²) in [7, 11) is 3.70. The van der Waals surface area contributed by atoms with Crippen molar-refractivity contribution in [3.63, 3.8) is 0 Å². The van der Waals surface area contributed by atoms with Crippen LogP contribution in [0.1, 0.15) is 26.3 Å². The van der Waals surface area contributed by atoms with E-state index in [9.17, 15) is 4.79 Å². The molecule has 0 N–H and O–H groups in total. The molecule has 100 valence electrons. The van der Waals surface area contributed by atoms with Crippen molar-refractivity contribution in [2.45, 2.75) is 27.3 Å². The number of rotatable bonds is 6. The number of ether oxygens (including phenoxy) is 1. The first-order valence-corrected chi connectivity index (χ1v) is 6.18. The monoisotopic (exact) mass is 249 g/mol. The first-order valence-electron chi connectivity index (χ1n) is 6.18. The van der Waals surface area contributed by atoms with Crippen LogP contribution in [0.15, 0.2) is 24.3 Å². The minimum Gasteiger partial charge on any atom is -0.496 e. The smallest absolute Gasteiger partial charge is 0.136 e. The Morgan fingerprint density at radius 2 is 1.94 bits per heavy atom. The van der Waals surface area contributed by atoms with Crippen LogP contribution in [0, 0.1) is 5.41 Å². The molecule has 1 aromatic rings. The molecular formula is C15H23NO2. The maximum atomic E-state index is 11.5. The van der Waals surface area contributed by atoms with Gasteiger partial charge >= 0.3 is 0 Å². The molecule has 0 radical (unpaired) electrons. The fourth-order valence-corrected chi connectivity index (χ4v) is 1.97. The predicted molar refractivity (Wildman–Crippen MR) is 73.8 cm³/mol. The van der Waals surface area contributed by atoms with Crippen LogP contribution in [0.4, 0.5) is 0 Å². The van der Waals surface area contributed by atoms with Gasteiger partial charge < -0.3 is 9.64 Å². The van der Waals surface area contributed by atoms with Crippen molar-refractivity contribution in [3.8, 4) is 5.75 Å². The summed E-state index contributed by atoms with van der Waals surface area (Å²) in [6.45, 7) is 7.13. The fourth-order valence-electron chi connectivity index (χ4n) is 1.97. The zero-order chi connectivity index (χ0) is 13.8. The Morgan fingerprint density at radius 1 is 1.33 bits per heavy atom. The van der Waals surface area contributed by atoms with Crippen LogP contribution in [0.3, 0.4) is 0 Å². The SMILES string of the molecule is COc1ccccc1CN(C)CC(C)(C)C(C)=O. The Morgan fingerprint density at radius 3 is 2.50 bits per heavy atom. The molecule has 0 aliphatic carbocycles. The molecule has 0 amide bonds. The molecule has 18 heavy (non-hydrogen) atoms. The second kappa shape index (κ2) is 6.01. The van der Waals surface area contributed by atoms with Crippen molar-refractivity contribution in [3.05, 3.63) is 29.8 Å². The number of benzene rings is 1. The third-order valence-electron chi connectivity index (χ3n) is 3.25. The molecular weight excluding hydrogens is 226 g/mol. The molecule has 0 aliphatic rings. The number of Topliss-reactive ketones (excluding diaryl/α,β-unsaturated/α-hetero) is 1. The summed E-state index contributed by atoms with van der Waals surface area (Å²) in [5.74, 6) is 1.11. The largest absolute Gasteiger partial charge is 0.496 e. The van der Waals surface area contributed by atoms with E-state index in [-0.39, 0.29) is 11.2 Å². The average Bonchev–Trinajstić information content (AvgIpc) is 2.28. The molecule has 1 rings (SSSR count). The molecule has 3 heteroatoms. The Hall–Kier alpha value is -1.35. The molecule has 3 nitrogen and oxygen atoms in total. The molecule has 0 fully saturated rings. The minimum absolute atomic E-state index is 0.217. The van der Waals surface area contributed by atoms with Gasteiger partial charge in [-0.25, -0.2) is 0 Å². The van der Waals surface area contributed by atoms with Crippen molar-refractivity contribution < 1.29 is 9.53 Å². The Labute approximate surface area is 110 Å². The summed E-state index contributed by atoms with van der Waals surface area (Å²) in [6.07, 6.45) is 0. The van der Waals surface area contributed by atoms with Gasteiger partial charge in [-0.3, -0.25) is 4.79 Å². The minimum atomic E-state index is -0.309. The second-order valence-corrected chi connectivity index (χ2v) is 5.42. The zero-order valence-electron chi connectivity index (χ0n) is 12.0. The van der Waals surface area contributed by atoms with Crippen LogP contribution in [-0.2, 0) is 11.3 Å². The second-order valence-electron chi connectivity index (χ2n) is 5.42. The van der Waals surface area contributed by atoms with E-state index in [2.05, 4.69) is 11.0 Å². The summed E-state index contributed by atoms with van der Waals surface area (Å²) < 4.78 is 5.33. The Kier molecular flexibility index (Phi) is 4.91. The fraction of sp³-hybridized carbons (Fsp3) is 0.533. The molecule has 0 heterocycles. The van der Waals surface area contributed by atoms with Gasteiger partial charge in [0.25, 0.3) is 0 Å². The van der Waals surface area contributed by atoms with E-state index in [0.29, 0.717) is 0 Å². The summed E-state index contributed by atoms with van der Waals surface area (Å²) in [5.41, 5.74) is 0.832. The van der Waals surface area contributed by atoms with E-state index in [1.807, 2.05) is 39.1 Å². The maximum Gasteiger partial charge on any atom is 0.136 e. The zero-order valence-corrected chi connectivity index (χ0v) is 12.0. The molecule has 0 atom stereocenters. The quantitative estimate of drug-likeness (QED) is 0.776. The van der Waals surface area contributed by atoms with Gasteiger partial charge in [-0.15, -0.1) is 0 Å². The van der Waals surface area contributed by atoms with E-state index in [1.54, 1.807) is 14.0 Å². The molecule has 0 aliphatic heterocycles. The van der Waals surface area contributed by atoms with E-state index >= 15 is 0 Å². The lowest BCUT2D eigenvalue weighted by atomic mass is 9.88. The number of ketones is 1. The van der Waals surface area contributed by atoms with Crippen molar-refractivity contribution in [2.24, 2.45) is 5.41 Å². The molecule has 0 bridgehead atoms. The van der Waals surface area contributed by atoms with Crippen LogP contribution < -0.4 is 4.74 Å². The number of para-hydroxylation sites is 1. The molecule has 0 unspecified atom stereocenters. The lowest BCUT2D eigenvalue weighted by molar-refractivity contribution is -0.125. The third-order valence-corrected chi connectivity index (χ3v) is 3.25. The number of carbonyl (C=O) groups excluding carboxylic acids is 1. The summed E-state index contributed by atoms with van der Waals surface area (Å²) in [4.78, 5) is 13.7. The first-order chi connectivity index (χ1) is 8.36. The Balaban J connectivity index is 2.70. The molecule has 0 spiro atoms. The maximum absolute atomic E-state index is 11.5. The lowest BCUT2D eigenvalue weighted by Gasteiger charge is -2.28. The van der Waals surface area contributed by atoms with Gasteiger partial charge in [0, 0.05) is 24.1 Å². The third kappa shape index (κ3) is 3.84. The van der Waals surface area contributed by atoms with Gasteiger partial charge in [-0.05, 0) is 20.0 Å². The van der Waals surface area contributed by atoms with Crippen LogP contribution in [0.2, 0.25) is 0 Å². The van der Waals surface area contributed by atoms with Crippen molar-refractivity contribution >= 4 is 5.78 Å². The van der Waals surface area contributed by atoms with Crippen LogP contribution in [0.25, 0.3) is 0 Å². The van der Waals surface area contributed by atoms with E-state index in [0.717, 1.165) is 24.4 Å². The molecule has 1 aromatic carbocycles. The van der Waals surface area contributed by atoms with Crippen molar-refractivity contribution in [2.75, 3.05) is 20.7 Å². The summed E-state index contributed by atoms with van der Waals surface area (Å²) in [5, 5.41) is 0. The van der Waals surface area contributed by atoms with E-state index in [1.165, 1.54) is 0 Å². The summed E-state index contributed by atoms with van der Waals surface area (Å²) >= 11 is 0. The van der Waals surface area contributed by atoms with Crippen molar-refractivity contribution in [1.29, 1.82) is 0 Å². The number of nitrogens with zero attached hydrogens (tertiary/aromatic N) is 1. The van der Waals surface area contributed by atoms with E-state index in [4.69, 9.17) is 4.74 Å². The van der Waals surface area contributed by atoms with E-state index < -0.39 is 0 Å². The van der Waals surface area contributed by atoms with Gasteiger partial charge in [-0.2, -0.15) is 0 Å². The highest BCUT2D eigenvalue weighted by Crippen LogP contribution is 2.22. The normalized spacial score (nSPS) is 11.7. The van der Waals surface area contributed by atoms with Gasteiger partial charge in [0.1, 0.15) is 11.5 Å². The first kappa shape index (κ1) is 14.7. The highest BCUT2D eigenvalue weighted by molar-refractivity contribution is 5.81. The van der Waals surface area contributed by atoms with Crippen LogP contribution in [-0.4, -0.2) is 31.4 Å². The predicted octanol–water partition coefficient (Wildman–Crippen LogP) is 2.74. The van der Waals surface area contributed by atoms with Gasteiger partial charge in [0.15, 0.2) is 0 Å². The highest BCUT2D eigenvalue weighted by atomic mass is 16.5. The number of carbonyl (C=O) groups is 1.